The normalized spacial score (nSPS) is 27.2. The molecule has 0 aromatic heterocycles. The molecule has 93 heavy (non-hydrogen) atoms. The van der Waals surface area contributed by atoms with Crippen LogP contribution in [-0.4, -0.2) is 259 Å². The van der Waals surface area contributed by atoms with Gasteiger partial charge in [0.05, 0.1) is 83.3 Å². The first-order valence-electron chi connectivity index (χ1n) is 34.4. The van der Waals surface area contributed by atoms with Gasteiger partial charge in [-0.1, -0.05) is 41.0 Å². The number of rotatable bonds is 55. The van der Waals surface area contributed by atoms with Crippen molar-refractivity contribution in [3.05, 3.63) is 0 Å². The maximum atomic E-state index is 13.0. The average Bonchev–Trinajstić information content (AvgIpc) is 1.40. The standard InChI is InChI=1S/C66H119N3O24/c1-44(2)37-69-66(41-85-34-26-50(75)20-8-6-7-19-48(73)23-11-16-31-88-63-45(3)57(79)60(82)52(38-70)91-63,42-86-35-27-51(76)22-10-15-29-67-55(77)25-13-18-33-90-65-47(5)59(81)62(84)54(40-72)93-65)43-87-36-28-56(78)68-30-14-9-21-49(74)24-12-17-32-89-64-46(4)58(80)61(83)53(39-71)92-64/h44-47,52-54,57-65,69-72,79-84H,6-43H2,1-5H3,(H,67,77)(H,68,78)/t45-,46-,47-,52?,53?,54?,57?,58?,59?,60-,61-,62-,63+,64+,65+,66?/m1/s1. The Morgan fingerprint density at radius 3 is 1.03 bits per heavy atom. The van der Waals surface area contributed by atoms with Crippen molar-refractivity contribution in [2.24, 2.45) is 23.7 Å². The molecule has 0 bridgehead atoms. The lowest BCUT2D eigenvalue weighted by Crippen LogP contribution is -2.57. The Hall–Kier alpha value is -3.14. The number of amides is 2. The number of hydrogen-bond acceptors (Lipinski definition) is 25. The molecule has 27 nitrogen and oxygen atoms in total. The molecule has 0 saturated carbocycles. The van der Waals surface area contributed by atoms with Crippen LogP contribution >= 0.6 is 0 Å². The number of nitrogens with one attached hydrogen (secondary N) is 3. The molecule has 0 spiro atoms. The van der Waals surface area contributed by atoms with Crippen LogP contribution in [0.3, 0.4) is 0 Å². The summed E-state index contributed by atoms with van der Waals surface area (Å²) in [6, 6.07) is 0. The van der Waals surface area contributed by atoms with E-state index in [4.69, 9.17) is 42.6 Å². The third kappa shape index (κ3) is 33.8. The first-order chi connectivity index (χ1) is 44.6. The lowest BCUT2D eigenvalue weighted by Gasteiger charge is -2.40. The van der Waals surface area contributed by atoms with Gasteiger partial charge in [-0.2, -0.15) is 0 Å². The molecule has 3 fully saturated rings. The number of ether oxygens (including phenoxy) is 9. The third-order valence-corrected chi connectivity index (χ3v) is 17.3. The summed E-state index contributed by atoms with van der Waals surface area (Å²) in [6.45, 7) is 10.7. The minimum Gasteiger partial charge on any atom is -0.394 e. The molecule has 0 radical (unpaired) electrons. The predicted octanol–water partition coefficient (Wildman–Crippen LogP) is 1.78. The Morgan fingerprint density at radius 2 is 0.688 bits per heavy atom. The van der Waals surface area contributed by atoms with E-state index in [1.165, 1.54) is 0 Å². The highest BCUT2D eigenvalue weighted by Gasteiger charge is 2.45. The lowest BCUT2D eigenvalue weighted by atomic mass is 9.92. The van der Waals surface area contributed by atoms with Gasteiger partial charge in [0, 0.05) is 115 Å². The molecule has 27 heteroatoms. The zero-order valence-electron chi connectivity index (χ0n) is 56.3. The molecular weight excluding hydrogens is 1220 g/mol. The first kappa shape index (κ1) is 84.1. The molecule has 0 aromatic rings. The van der Waals surface area contributed by atoms with Gasteiger partial charge in [-0.3, -0.25) is 28.8 Å². The molecule has 12 N–H and O–H groups in total. The molecule has 7 unspecified atom stereocenters. The highest BCUT2D eigenvalue weighted by Crippen LogP contribution is 2.30. The fourth-order valence-electron chi connectivity index (χ4n) is 11.0. The molecular formula is C66H119N3O24. The first-order valence-corrected chi connectivity index (χ1v) is 34.4. The van der Waals surface area contributed by atoms with Crippen LogP contribution in [0.5, 0.6) is 0 Å². The van der Waals surface area contributed by atoms with Crippen LogP contribution in [0.1, 0.15) is 182 Å². The topological polar surface area (TPSA) is 404 Å². The maximum absolute atomic E-state index is 13.0. The van der Waals surface area contributed by atoms with Crippen LogP contribution in [-0.2, 0) is 71.4 Å². The van der Waals surface area contributed by atoms with Crippen molar-refractivity contribution in [1.82, 2.24) is 16.0 Å². The Morgan fingerprint density at radius 1 is 0.387 bits per heavy atom. The summed E-state index contributed by atoms with van der Waals surface area (Å²) in [4.78, 5) is 76.4. The fraction of sp³-hybridized carbons (Fsp3) is 0.909. The second kappa shape index (κ2) is 48.6. The van der Waals surface area contributed by atoms with Crippen molar-refractivity contribution in [1.29, 1.82) is 0 Å². The maximum Gasteiger partial charge on any atom is 0.222 e. The molecule has 3 saturated heterocycles. The van der Waals surface area contributed by atoms with Crippen LogP contribution in [0.4, 0.5) is 0 Å². The second-order valence-corrected chi connectivity index (χ2v) is 26.0. The van der Waals surface area contributed by atoms with Gasteiger partial charge in [-0.15, -0.1) is 0 Å². The van der Waals surface area contributed by atoms with Crippen LogP contribution in [0.15, 0.2) is 0 Å². The number of unbranched alkanes of at least 4 members (excludes halogenated alkanes) is 7. The number of aliphatic hydroxyl groups is 9. The van der Waals surface area contributed by atoms with Crippen molar-refractivity contribution in [2.75, 3.05) is 98.9 Å². The highest BCUT2D eigenvalue weighted by atomic mass is 16.7. The van der Waals surface area contributed by atoms with Gasteiger partial charge in [0.25, 0.3) is 0 Å². The molecule has 0 aromatic carbocycles. The van der Waals surface area contributed by atoms with Crippen molar-refractivity contribution in [3.63, 3.8) is 0 Å². The SMILES string of the molecule is CC(C)CNC(COCCC(=O)CCCCCC(=O)CCCCO[C@H]1OC(CO)[C@@H](O)C(O)[C@H]1C)(COCCC(=O)CCCCNC(=O)CCCCO[C@H]1OC(CO)[C@@H](O)C(O)[C@H]1C)COCCC(=O)NCCCCC(=O)CCCCO[C@H]1OC(CO)[C@@H](O)C(O)[C@H]1C. The molecule has 16 atom stereocenters. The zero-order chi connectivity index (χ0) is 68.6. The van der Waals surface area contributed by atoms with E-state index in [1.54, 1.807) is 20.8 Å². The smallest absolute Gasteiger partial charge is 0.222 e. The number of carbonyl (C=O) groups is 6. The largest absolute Gasteiger partial charge is 0.394 e. The molecule has 3 aliphatic rings. The number of Topliss-reactive ketones (excluding diaryl/α,β-unsaturated/α-hetero) is 4. The van der Waals surface area contributed by atoms with E-state index in [9.17, 15) is 74.7 Å². The minimum atomic E-state index is -1.21. The van der Waals surface area contributed by atoms with E-state index in [0.717, 1.165) is 6.42 Å². The minimum absolute atomic E-state index is 0.00658. The number of carbonyl (C=O) groups excluding carboxylic acids is 6. The van der Waals surface area contributed by atoms with E-state index in [0.29, 0.717) is 148 Å². The van der Waals surface area contributed by atoms with Crippen LogP contribution < -0.4 is 16.0 Å². The summed E-state index contributed by atoms with van der Waals surface area (Å²) in [6.07, 6.45) is -1.19. The van der Waals surface area contributed by atoms with E-state index < -0.39 is 117 Å². The molecule has 0 aliphatic carbocycles. The van der Waals surface area contributed by atoms with E-state index >= 15 is 0 Å². The summed E-state index contributed by atoms with van der Waals surface area (Å²) in [7, 11) is 0. The summed E-state index contributed by atoms with van der Waals surface area (Å²) in [5.41, 5.74) is -0.904. The van der Waals surface area contributed by atoms with Gasteiger partial charge >= 0.3 is 0 Å². The summed E-state index contributed by atoms with van der Waals surface area (Å²) >= 11 is 0. The highest BCUT2D eigenvalue weighted by molar-refractivity contribution is 5.80. The van der Waals surface area contributed by atoms with Gasteiger partial charge in [-0.05, 0) is 89.5 Å². The molecule has 3 aliphatic heterocycles. The Balaban J connectivity index is 1.38. The van der Waals surface area contributed by atoms with Gasteiger partial charge < -0.3 is 105 Å². The fourth-order valence-corrected chi connectivity index (χ4v) is 11.0. The van der Waals surface area contributed by atoms with Crippen molar-refractivity contribution >= 4 is 34.9 Å². The van der Waals surface area contributed by atoms with Crippen LogP contribution in [0.25, 0.3) is 0 Å². The van der Waals surface area contributed by atoms with E-state index in [2.05, 4.69) is 16.0 Å². The Bertz CT molecular complexity index is 1840. The zero-order valence-corrected chi connectivity index (χ0v) is 56.3. The van der Waals surface area contributed by atoms with Crippen LogP contribution in [0, 0.1) is 23.7 Å². The Kier molecular flexibility index (Phi) is 43.9. The van der Waals surface area contributed by atoms with Gasteiger partial charge in [0.1, 0.15) is 59.8 Å². The van der Waals surface area contributed by atoms with Crippen molar-refractivity contribution < 1.29 is 117 Å². The van der Waals surface area contributed by atoms with Gasteiger partial charge in [-0.25, -0.2) is 0 Å². The molecule has 2 amide bonds. The monoisotopic (exact) mass is 1340 g/mol. The number of hydrogen-bond donors (Lipinski definition) is 12. The Labute approximate surface area is 550 Å². The van der Waals surface area contributed by atoms with E-state index in [-0.39, 0.29) is 113 Å². The summed E-state index contributed by atoms with van der Waals surface area (Å²) in [5.74, 6) is -1.32. The average molecular weight is 1340 g/mol. The van der Waals surface area contributed by atoms with Gasteiger partial charge in [0.15, 0.2) is 18.9 Å². The van der Waals surface area contributed by atoms with Gasteiger partial charge in [0.2, 0.25) is 11.8 Å². The summed E-state index contributed by atoms with van der Waals surface area (Å²) < 4.78 is 52.4. The predicted molar refractivity (Wildman–Crippen MR) is 339 cm³/mol. The van der Waals surface area contributed by atoms with Crippen LogP contribution in [0.2, 0.25) is 0 Å². The number of aliphatic hydroxyl groups excluding tert-OH is 9. The van der Waals surface area contributed by atoms with Crippen molar-refractivity contribution in [3.8, 4) is 0 Å². The molecule has 3 heterocycles. The number of ketones is 4. The quantitative estimate of drug-likeness (QED) is 0.0386. The van der Waals surface area contributed by atoms with E-state index in [1.807, 2.05) is 13.8 Å². The second-order valence-electron chi connectivity index (χ2n) is 26.0. The summed E-state index contributed by atoms with van der Waals surface area (Å²) in [5, 5.41) is 98.5. The molecule has 542 valence electrons. The third-order valence-electron chi connectivity index (χ3n) is 17.3. The van der Waals surface area contributed by atoms with Crippen molar-refractivity contribution in [2.45, 2.75) is 262 Å². The lowest BCUT2D eigenvalue weighted by molar-refractivity contribution is -0.282. The molecule has 3 rings (SSSR count).